The maximum Gasteiger partial charge on any atom is 0.121 e. The van der Waals surface area contributed by atoms with Crippen molar-refractivity contribution in [1.82, 2.24) is 10.3 Å². The predicted molar refractivity (Wildman–Crippen MR) is 103 cm³/mol. The third-order valence-electron chi connectivity index (χ3n) is 4.29. The summed E-state index contributed by atoms with van der Waals surface area (Å²) in [5.41, 5.74) is 3.39. The van der Waals surface area contributed by atoms with Crippen LogP contribution in [0.3, 0.4) is 0 Å². The Hall–Kier alpha value is -1.81. The number of ether oxygens (including phenoxy) is 1. The molecule has 2 N–H and O–H groups in total. The van der Waals surface area contributed by atoms with E-state index in [2.05, 4.69) is 61.5 Å². The highest BCUT2D eigenvalue weighted by Crippen LogP contribution is 2.31. The van der Waals surface area contributed by atoms with Crippen molar-refractivity contribution < 1.29 is 4.74 Å². The topological polar surface area (TPSA) is 46.2 Å². The summed E-state index contributed by atoms with van der Waals surface area (Å²) in [6, 6.07) is 7.17. The third-order valence-corrected chi connectivity index (χ3v) is 4.29. The quantitative estimate of drug-likeness (QED) is 0.670. The largest absolute Gasteiger partial charge is 0.497 e. The smallest absolute Gasteiger partial charge is 0.121 e. The van der Waals surface area contributed by atoms with E-state index in [1.807, 2.05) is 6.20 Å². The molecule has 0 aliphatic rings. The number of nitrogens with zero attached hydrogens (tertiary/aromatic N) is 1. The average molecular weight is 329 g/mol. The van der Waals surface area contributed by atoms with Crippen molar-refractivity contribution in [3.63, 3.8) is 0 Å². The number of benzene rings is 1. The van der Waals surface area contributed by atoms with Gasteiger partial charge in [-0.2, -0.15) is 0 Å². The summed E-state index contributed by atoms with van der Waals surface area (Å²) in [4.78, 5) is 4.61. The number of aromatic nitrogens is 1. The molecule has 0 amide bonds. The van der Waals surface area contributed by atoms with Crippen molar-refractivity contribution in [2.24, 2.45) is 0 Å². The van der Waals surface area contributed by atoms with Gasteiger partial charge in [-0.05, 0) is 50.4 Å². The number of nitrogens with one attached hydrogen (secondary N) is 2. The van der Waals surface area contributed by atoms with Crippen LogP contribution in [0.4, 0.5) is 5.69 Å². The molecule has 2 aromatic rings. The Kier molecular flexibility index (Phi) is 6.85. The van der Waals surface area contributed by atoms with Crippen LogP contribution in [-0.2, 0) is 6.42 Å². The van der Waals surface area contributed by atoms with Gasteiger partial charge in [0.1, 0.15) is 5.75 Å². The van der Waals surface area contributed by atoms with E-state index in [4.69, 9.17) is 4.74 Å². The lowest BCUT2D eigenvalue weighted by molar-refractivity contribution is 0.415. The summed E-state index contributed by atoms with van der Waals surface area (Å²) in [7, 11) is 1.72. The van der Waals surface area contributed by atoms with Gasteiger partial charge in [0, 0.05) is 29.7 Å². The minimum Gasteiger partial charge on any atom is -0.497 e. The summed E-state index contributed by atoms with van der Waals surface area (Å²) in [6.07, 6.45) is 5.16. The predicted octanol–water partition coefficient (Wildman–Crippen LogP) is 4.38. The van der Waals surface area contributed by atoms with Gasteiger partial charge < -0.3 is 15.4 Å². The summed E-state index contributed by atoms with van der Waals surface area (Å²) in [6.45, 7) is 9.82. The van der Waals surface area contributed by atoms with E-state index in [9.17, 15) is 0 Å². The minimum absolute atomic E-state index is 0.390. The van der Waals surface area contributed by atoms with Crippen molar-refractivity contribution in [1.29, 1.82) is 0 Å². The summed E-state index contributed by atoms with van der Waals surface area (Å²) in [5, 5.41) is 8.27. The Labute approximate surface area is 146 Å². The number of aryl methyl sites for hydroxylation is 1. The lowest BCUT2D eigenvalue weighted by atomic mass is 10.0. The first-order valence-electron chi connectivity index (χ1n) is 9.00. The van der Waals surface area contributed by atoms with Crippen LogP contribution >= 0.6 is 0 Å². The summed E-state index contributed by atoms with van der Waals surface area (Å²) in [5.74, 6) is 0.876. The Balaban J connectivity index is 2.15. The van der Waals surface area contributed by atoms with Gasteiger partial charge in [-0.1, -0.05) is 20.8 Å². The van der Waals surface area contributed by atoms with Crippen LogP contribution in [-0.4, -0.2) is 30.7 Å². The van der Waals surface area contributed by atoms with Crippen LogP contribution in [0.15, 0.2) is 24.4 Å². The molecule has 1 aromatic heterocycles. The van der Waals surface area contributed by atoms with Crippen LogP contribution in [0.1, 0.15) is 46.1 Å². The molecule has 0 saturated heterocycles. The maximum atomic E-state index is 5.49. The van der Waals surface area contributed by atoms with E-state index >= 15 is 0 Å². The molecule has 0 radical (unpaired) electrons. The fourth-order valence-corrected chi connectivity index (χ4v) is 2.96. The second-order valence-electron chi connectivity index (χ2n) is 6.69. The van der Waals surface area contributed by atoms with Crippen molar-refractivity contribution in [3.8, 4) is 5.75 Å². The van der Waals surface area contributed by atoms with Gasteiger partial charge in [-0.15, -0.1) is 0 Å². The molecule has 1 aromatic carbocycles. The lowest BCUT2D eigenvalue weighted by Gasteiger charge is -2.18. The van der Waals surface area contributed by atoms with Crippen molar-refractivity contribution in [3.05, 3.63) is 30.0 Å². The second-order valence-corrected chi connectivity index (χ2v) is 6.69. The Morgan fingerprint density at radius 2 is 2.00 bits per heavy atom. The average Bonchev–Trinajstić information content (AvgIpc) is 2.57. The summed E-state index contributed by atoms with van der Waals surface area (Å²) >= 11 is 0. The number of anilines is 1. The van der Waals surface area contributed by atoms with Crippen molar-refractivity contribution in [2.75, 3.05) is 19.0 Å². The normalized spacial score (nSPS) is 12.6. The van der Waals surface area contributed by atoms with Crippen LogP contribution in [0, 0.1) is 0 Å². The number of fused-ring (bicyclic) bond motifs is 1. The van der Waals surface area contributed by atoms with E-state index < -0.39 is 0 Å². The molecule has 2 rings (SSSR count). The molecule has 0 aliphatic carbocycles. The number of hydrogen-bond acceptors (Lipinski definition) is 4. The fraction of sp³-hybridized carbons (Fsp3) is 0.550. The first-order chi connectivity index (χ1) is 11.5. The molecule has 0 unspecified atom stereocenters. The van der Waals surface area contributed by atoms with Gasteiger partial charge in [0.15, 0.2) is 0 Å². The van der Waals surface area contributed by atoms with Crippen molar-refractivity contribution >= 4 is 16.6 Å². The highest BCUT2D eigenvalue weighted by Gasteiger charge is 2.11. The van der Waals surface area contributed by atoms with Crippen LogP contribution < -0.4 is 15.4 Å². The molecular formula is C20H31N3O. The molecule has 0 spiro atoms. The summed E-state index contributed by atoms with van der Waals surface area (Å²) < 4.78 is 5.49. The fourth-order valence-electron chi connectivity index (χ4n) is 2.96. The highest BCUT2D eigenvalue weighted by molar-refractivity contribution is 5.94. The zero-order chi connectivity index (χ0) is 17.5. The molecule has 24 heavy (non-hydrogen) atoms. The number of rotatable bonds is 9. The highest BCUT2D eigenvalue weighted by atomic mass is 16.5. The van der Waals surface area contributed by atoms with E-state index in [1.165, 1.54) is 10.9 Å². The Morgan fingerprint density at radius 1 is 1.21 bits per heavy atom. The van der Waals surface area contributed by atoms with E-state index in [-0.39, 0.29) is 0 Å². The molecule has 4 nitrogen and oxygen atoms in total. The standard InChI is InChI=1S/C20H31N3O/c1-6-16-9-11-22-20-18(16)12-17(24-5)13-19(20)23-15(4)8-7-10-21-14(2)3/h9,11-15,21,23H,6-8,10H2,1-5H3/t15-/m0/s1. The van der Waals surface area contributed by atoms with Gasteiger partial charge in [0.2, 0.25) is 0 Å². The first-order valence-corrected chi connectivity index (χ1v) is 9.00. The van der Waals surface area contributed by atoms with E-state index in [1.54, 1.807) is 7.11 Å². The molecule has 0 fully saturated rings. The number of hydrogen-bond donors (Lipinski definition) is 2. The molecular weight excluding hydrogens is 298 g/mol. The minimum atomic E-state index is 0.390. The Morgan fingerprint density at radius 3 is 2.67 bits per heavy atom. The van der Waals surface area contributed by atoms with E-state index in [0.717, 1.165) is 42.8 Å². The van der Waals surface area contributed by atoms with Crippen LogP contribution in [0.25, 0.3) is 10.9 Å². The van der Waals surface area contributed by atoms with Gasteiger partial charge in [-0.25, -0.2) is 0 Å². The third kappa shape index (κ3) is 4.84. The van der Waals surface area contributed by atoms with Gasteiger partial charge in [0.25, 0.3) is 0 Å². The first kappa shape index (κ1) is 18.5. The molecule has 132 valence electrons. The molecule has 0 bridgehead atoms. The van der Waals surface area contributed by atoms with Gasteiger partial charge in [0.05, 0.1) is 18.3 Å². The monoisotopic (exact) mass is 329 g/mol. The molecule has 4 heteroatoms. The van der Waals surface area contributed by atoms with E-state index in [0.29, 0.717) is 12.1 Å². The zero-order valence-corrected chi connectivity index (χ0v) is 15.6. The number of pyridine rings is 1. The molecule has 0 saturated carbocycles. The number of methoxy groups -OCH3 is 1. The molecule has 1 heterocycles. The maximum absolute atomic E-state index is 5.49. The lowest BCUT2D eigenvalue weighted by Crippen LogP contribution is -2.25. The van der Waals surface area contributed by atoms with Crippen LogP contribution in [0.5, 0.6) is 5.75 Å². The molecule has 1 atom stereocenters. The van der Waals surface area contributed by atoms with Gasteiger partial charge >= 0.3 is 0 Å². The van der Waals surface area contributed by atoms with Gasteiger partial charge in [-0.3, -0.25) is 4.98 Å². The Bertz CT molecular complexity index is 655. The second kappa shape index (κ2) is 8.88. The molecule has 0 aliphatic heterocycles. The zero-order valence-electron chi connectivity index (χ0n) is 15.6. The SMILES string of the molecule is CCc1ccnc2c(N[C@@H](C)CCCNC(C)C)cc(OC)cc12. The van der Waals surface area contributed by atoms with Crippen molar-refractivity contribution in [2.45, 2.75) is 59.0 Å². The van der Waals surface area contributed by atoms with Crippen LogP contribution in [0.2, 0.25) is 0 Å².